The van der Waals surface area contributed by atoms with Gasteiger partial charge in [0.15, 0.2) is 5.78 Å². The van der Waals surface area contributed by atoms with E-state index >= 15 is 0 Å². The molecule has 0 saturated carbocycles. The maximum absolute atomic E-state index is 11.3. The van der Waals surface area contributed by atoms with E-state index in [9.17, 15) is 4.79 Å². The van der Waals surface area contributed by atoms with Crippen molar-refractivity contribution in [2.75, 3.05) is 6.61 Å². The fourth-order valence-electron chi connectivity index (χ4n) is 1.70. The van der Waals surface area contributed by atoms with Crippen LogP contribution in [0.15, 0.2) is 46.9 Å². The van der Waals surface area contributed by atoms with Gasteiger partial charge in [0, 0.05) is 5.56 Å². The monoisotopic (exact) mass is 334 g/mol. The molecule has 0 aliphatic carbocycles. The molecule has 3 nitrogen and oxygen atoms in total. The van der Waals surface area contributed by atoms with Crippen LogP contribution in [0.5, 0.6) is 17.2 Å². The standard InChI is InChI=1S/C16H15BrO3/c1-3-19-13-5-7-14(8-6-13)20-16-9-4-12(11(2)18)10-15(16)17/h4-10H,3H2,1-2H3. The zero-order valence-electron chi connectivity index (χ0n) is 11.4. The minimum absolute atomic E-state index is 0.0262. The summed E-state index contributed by atoms with van der Waals surface area (Å²) in [5.41, 5.74) is 0.649. The lowest BCUT2D eigenvalue weighted by Crippen LogP contribution is -1.93. The van der Waals surface area contributed by atoms with Crippen molar-refractivity contribution in [3.8, 4) is 17.2 Å². The highest BCUT2D eigenvalue weighted by molar-refractivity contribution is 9.10. The quantitative estimate of drug-likeness (QED) is 0.733. The normalized spacial score (nSPS) is 10.2. The highest BCUT2D eigenvalue weighted by Gasteiger charge is 2.07. The van der Waals surface area contributed by atoms with Gasteiger partial charge in [0.2, 0.25) is 0 Å². The van der Waals surface area contributed by atoms with E-state index in [0.717, 1.165) is 10.2 Å². The summed E-state index contributed by atoms with van der Waals surface area (Å²) in [6, 6.07) is 12.7. The van der Waals surface area contributed by atoms with Gasteiger partial charge in [-0.3, -0.25) is 4.79 Å². The molecule has 0 aromatic heterocycles. The Morgan fingerprint density at radius 1 is 1.10 bits per heavy atom. The van der Waals surface area contributed by atoms with Crippen molar-refractivity contribution < 1.29 is 14.3 Å². The second kappa shape index (κ2) is 6.57. The lowest BCUT2D eigenvalue weighted by atomic mass is 10.1. The summed E-state index contributed by atoms with van der Waals surface area (Å²) in [5, 5.41) is 0. The Morgan fingerprint density at radius 3 is 2.30 bits per heavy atom. The average molecular weight is 335 g/mol. The molecule has 20 heavy (non-hydrogen) atoms. The molecule has 0 saturated heterocycles. The molecule has 2 aromatic carbocycles. The van der Waals surface area contributed by atoms with E-state index in [1.54, 1.807) is 18.2 Å². The smallest absolute Gasteiger partial charge is 0.159 e. The summed E-state index contributed by atoms with van der Waals surface area (Å²) < 4.78 is 11.9. The second-order valence-corrected chi connectivity index (χ2v) is 5.06. The third-order valence-corrected chi connectivity index (χ3v) is 3.32. The summed E-state index contributed by atoms with van der Waals surface area (Å²) >= 11 is 3.41. The Morgan fingerprint density at radius 2 is 1.75 bits per heavy atom. The van der Waals surface area contributed by atoms with E-state index in [2.05, 4.69) is 15.9 Å². The summed E-state index contributed by atoms with van der Waals surface area (Å²) in [6.45, 7) is 4.12. The molecule has 0 bridgehead atoms. The van der Waals surface area contributed by atoms with E-state index in [-0.39, 0.29) is 5.78 Å². The average Bonchev–Trinajstić information content (AvgIpc) is 2.43. The first-order valence-electron chi connectivity index (χ1n) is 6.31. The van der Waals surface area contributed by atoms with E-state index in [1.807, 2.05) is 31.2 Å². The van der Waals surface area contributed by atoms with Crippen LogP contribution in [0.3, 0.4) is 0 Å². The third-order valence-electron chi connectivity index (χ3n) is 2.70. The molecular weight excluding hydrogens is 320 g/mol. The van der Waals surface area contributed by atoms with Crippen LogP contribution >= 0.6 is 15.9 Å². The van der Waals surface area contributed by atoms with Crippen LogP contribution in [0.4, 0.5) is 0 Å². The molecule has 4 heteroatoms. The molecule has 0 aliphatic rings. The molecule has 0 N–H and O–H groups in total. The molecule has 104 valence electrons. The molecule has 0 amide bonds. The highest BCUT2D eigenvalue weighted by atomic mass is 79.9. The minimum atomic E-state index is 0.0262. The SMILES string of the molecule is CCOc1ccc(Oc2ccc(C(C)=O)cc2Br)cc1. The second-order valence-electron chi connectivity index (χ2n) is 4.21. The van der Waals surface area contributed by atoms with Crippen LogP contribution in [0.2, 0.25) is 0 Å². The zero-order valence-corrected chi connectivity index (χ0v) is 12.9. The molecule has 0 fully saturated rings. The van der Waals surface area contributed by atoms with E-state index in [4.69, 9.17) is 9.47 Å². The van der Waals surface area contributed by atoms with Crippen LogP contribution in [0, 0.1) is 0 Å². The van der Waals surface area contributed by atoms with Gasteiger partial charge in [-0.05, 0) is 72.2 Å². The van der Waals surface area contributed by atoms with Crippen LogP contribution in [0.25, 0.3) is 0 Å². The number of ketones is 1. The van der Waals surface area contributed by atoms with Gasteiger partial charge in [0.1, 0.15) is 17.2 Å². The molecule has 0 unspecified atom stereocenters. The van der Waals surface area contributed by atoms with E-state index in [1.165, 1.54) is 6.92 Å². The number of hydrogen-bond donors (Lipinski definition) is 0. The predicted octanol–water partition coefficient (Wildman–Crippen LogP) is 4.84. The van der Waals surface area contributed by atoms with Crippen LogP contribution in [0.1, 0.15) is 24.2 Å². The minimum Gasteiger partial charge on any atom is -0.494 e. The Hall–Kier alpha value is -1.81. The Bertz CT molecular complexity index is 606. The predicted molar refractivity (Wildman–Crippen MR) is 81.8 cm³/mol. The lowest BCUT2D eigenvalue weighted by Gasteiger charge is -2.09. The van der Waals surface area contributed by atoms with Gasteiger partial charge in [-0.15, -0.1) is 0 Å². The topological polar surface area (TPSA) is 35.5 Å². The number of Topliss-reactive ketones (excluding diaryl/α,β-unsaturated/α-hetero) is 1. The summed E-state index contributed by atoms with van der Waals surface area (Å²) in [4.78, 5) is 11.3. The van der Waals surface area contributed by atoms with E-state index < -0.39 is 0 Å². The van der Waals surface area contributed by atoms with Crippen LogP contribution in [-0.4, -0.2) is 12.4 Å². The number of ether oxygens (including phenoxy) is 2. The van der Waals surface area contributed by atoms with Gasteiger partial charge in [-0.1, -0.05) is 0 Å². The molecule has 0 aliphatic heterocycles. The van der Waals surface area contributed by atoms with Gasteiger partial charge >= 0.3 is 0 Å². The van der Waals surface area contributed by atoms with Crippen LogP contribution in [-0.2, 0) is 0 Å². The van der Waals surface area contributed by atoms with Crippen molar-refractivity contribution in [2.45, 2.75) is 13.8 Å². The molecule has 0 radical (unpaired) electrons. The van der Waals surface area contributed by atoms with Gasteiger partial charge in [-0.2, -0.15) is 0 Å². The first kappa shape index (κ1) is 14.6. The molecule has 2 aromatic rings. The van der Waals surface area contributed by atoms with Crippen molar-refractivity contribution in [1.29, 1.82) is 0 Å². The molecule has 0 heterocycles. The molecule has 2 rings (SSSR count). The van der Waals surface area contributed by atoms with Crippen molar-refractivity contribution in [3.05, 3.63) is 52.5 Å². The van der Waals surface area contributed by atoms with E-state index in [0.29, 0.717) is 23.7 Å². The Labute approximate surface area is 126 Å². The number of hydrogen-bond acceptors (Lipinski definition) is 3. The lowest BCUT2D eigenvalue weighted by molar-refractivity contribution is 0.101. The Balaban J connectivity index is 2.15. The number of halogens is 1. The highest BCUT2D eigenvalue weighted by Crippen LogP contribution is 2.31. The fraction of sp³-hybridized carbons (Fsp3) is 0.188. The van der Waals surface area contributed by atoms with Gasteiger partial charge < -0.3 is 9.47 Å². The molecular formula is C16H15BrO3. The molecule has 0 spiro atoms. The van der Waals surface area contributed by atoms with Crippen molar-refractivity contribution >= 4 is 21.7 Å². The first-order chi connectivity index (χ1) is 9.60. The third kappa shape index (κ3) is 3.61. The first-order valence-corrected chi connectivity index (χ1v) is 7.10. The number of carbonyl (C=O) groups is 1. The van der Waals surface area contributed by atoms with Gasteiger partial charge in [0.05, 0.1) is 11.1 Å². The number of rotatable bonds is 5. The Kier molecular flexibility index (Phi) is 4.79. The fourth-order valence-corrected chi connectivity index (χ4v) is 2.16. The van der Waals surface area contributed by atoms with Gasteiger partial charge in [-0.25, -0.2) is 0 Å². The van der Waals surface area contributed by atoms with Crippen LogP contribution < -0.4 is 9.47 Å². The maximum atomic E-state index is 11.3. The number of carbonyl (C=O) groups excluding carboxylic acids is 1. The van der Waals surface area contributed by atoms with Crippen molar-refractivity contribution in [3.63, 3.8) is 0 Å². The molecule has 0 atom stereocenters. The summed E-state index contributed by atoms with van der Waals surface area (Å²) in [6.07, 6.45) is 0. The van der Waals surface area contributed by atoms with Crippen molar-refractivity contribution in [1.82, 2.24) is 0 Å². The largest absolute Gasteiger partial charge is 0.494 e. The summed E-state index contributed by atoms with van der Waals surface area (Å²) in [7, 11) is 0. The van der Waals surface area contributed by atoms with Crippen molar-refractivity contribution in [2.24, 2.45) is 0 Å². The maximum Gasteiger partial charge on any atom is 0.159 e. The summed E-state index contributed by atoms with van der Waals surface area (Å²) in [5.74, 6) is 2.22. The number of benzene rings is 2. The van der Waals surface area contributed by atoms with Gasteiger partial charge in [0.25, 0.3) is 0 Å². The zero-order chi connectivity index (χ0) is 14.5.